The largest absolute Gasteiger partial charge is 0.253 e. The van der Waals surface area contributed by atoms with Crippen LogP contribution in [-0.2, 0) is 12.8 Å². The van der Waals surface area contributed by atoms with Crippen molar-refractivity contribution in [1.29, 1.82) is 0 Å². The lowest BCUT2D eigenvalue weighted by Gasteiger charge is -2.11. The second-order valence-corrected chi connectivity index (χ2v) is 6.61. The average molecular weight is 253 g/mol. The molecule has 1 aromatic carbocycles. The van der Waals surface area contributed by atoms with Gasteiger partial charge in [0.1, 0.15) is 0 Å². The van der Waals surface area contributed by atoms with Gasteiger partial charge >= 0.3 is 0 Å². The first-order valence-corrected chi connectivity index (χ1v) is 7.47. The van der Waals surface area contributed by atoms with E-state index < -0.39 is 0 Å². The van der Waals surface area contributed by atoms with Gasteiger partial charge in [-0.1, -0.05) is 39.8 Å². The third-order valence-electron chi connectivity index (χ3n) is 4.56. The Morgan fingerprint density at radius 1 is 1.05 bits per heavy atom. The fraction of sp³-hybridized carbons (Fsp3) is 0.500. The molecule has 0 bridgehead atoms. The van der Waals surface area contributed by atoms with Gasteiger partial charge in [0.25, 0.3) is 0 Å². The van der Waals surface area contributed by atoms with E-state index in [4.69, 9.17) is 4.98 Å². The minimum Gasteiger partial charge on any atom is -0.253 e. The van der Waals surface area contributed by atoms with Crippen LogP contribution in [-0.4, -0.2) is 4.98 Å². The molecule has 1 heterocycles. The van der Waals surface area contributed by atoms with Crippen LogP contribution in [0.25, 0.3) is 10.9 Å². The van der Waals surface area contributed by atoms with E-state index in [1.54, 1.807) is 0 Å². The summed E-state index contributed by atoms with van der Waals surface area (Å²) in [5.41, 5.74) is 5.38. The SMILES string of the molecule is CC(C)c1ccc2cc3c(nc2c1)C[C@H](C(C)C)C3. The molecule has 0 N–H and O–H groups in total. The molecule has 1 atom stereocenters. The van der Waals surface area contributed by atoms with Crippen LogP contribution in [0.4, 0.5) is 0 Å². The minimum atomic E-state index is 0.572. The van der Waals surface area contributed by atoms with Gasteiger partial charge in [0, 0.05) is 11.1 Å². The maximum Gasteiger partial charge on any atom is 0.0708 e. The summed E-state index contributed by atoms with van der Waals surface area (Å²) in [7, 11) is 0. The number of pyridine rings is 1. The highest BCUT2D eigenvalue weighted by Crippen LogP contribution is 2.32. The van der Waals surface area contributed by atoms with Crippen LogP contribution in [0.15, 0.2) is 24.3 Å². The minimum absolute atomic E-state index is 0.572. The van der Waals surface area contributed by atoms with Crippen molar-refractivity contribution in [2.75, 3.05) is 0 Å². The van der Waals surface area contributed by atoms with Crippen molar-refractivity contribution in [3.63, 3.8) is 0 Å². The molecule has 0 fully saturated rings. The molecule has 1 heteroatoms. The molecule has 3 rings (SSSR count). The fourth-order valence-corrected chi connectivity index (χ4v) is 3.05. The van der Waals surface area contributed by atoms with Crippen molar-refractivity contribution in [2.45, 2.75) is 46.5 Å². The number of hydrogen-bond donors (Lipinski definition) is 0. The Hall–Kier alpha value is -1.37. The number of rotatable bonds is 2. The Labute approximate surface area is 116 Å². The second-order valence-electron chi connectivity index (χ2n) is 6.61. The zero-order valence-electron chi connectivity index (χ0n) is 12.4. The predicted molar refractivity (Wildman–Crippen MR) is 81.6 cm³/mol. The molecule has 19 heavy (non-hydrogen) atoms. The highest BCUT2D eigenvalue weighted by atomic mass is 14.7. The Balaban J connectivity index is 2.04. The van der Waals surface area contributed by atoms with Crippen LogP contribution < -0.4 is 0 Å². The van der Waals surface area contributed by atoms with E-state index in [0.717, 1.165) is 18.3 Å². The molecule has 2 aromatic rings. The average Bonchev–Trinajstić information content (AvgIpc) is 2.78. The first-order valence-electron chi connectivity index (χ1n) is 7.47. The van der Waals surface area contributed by atoms with Gasteiger partial charge in [-0.3, -0.25) is 4.98 Å². The lowest BCUT2D eigenvalue weighted by Crippen LogP contribution is -2.07. The van der Waals surface area contributed by atoms with Crippen molar-refractivity contribution < 1.29 is 0 Å². The number of fused-ring (bicyclic) bond motifs is 2. The van der Waals surface area contributed by atoms with Crippen molar-refractivity contribution >= 4 is 10.9 Å². The summed E-state index contributed by atoms with van der Waals surface area (Å²) in [5.74, 6) is 2.11. The first kappa shape index (κ1) is 12.7. The predicted octanol–water partition coefficient (Wildman–Crippen LogP) is 4.73. The van der Waals surface area contributed by atoms with E-state index in [1.807, 2.05) is 0 Å². The molecule has 0 radical (unpaired) electrons. The Bertz CT molecular complexity index is 610. The third-order valence-corrected chi connectivity index (χ3v) is 4.56. The summed E-state index contributed by atoms with van der Waals surface area (Å²) in [4.78, 5) is 4.93. The topological polar surface area (TPSA) is 12.9 Å². The van der Waals surface area contributed by atoms with Crippen molar-refractivity contribution in [1.82, 2.24) is 4.98 Å². The number of aromatic nitrogens is 1. The molecule has 0 aliphatic heterocycles. The molecule has 0 amide bonds. The number of hydrogen-bond acceptors (Lipinski definition) is 1. The van der Waals surface area contributed by atoms with Gasteiger partial charge in [0.2, 0.25) is 0 Å². The molecule has 1 aromatic heterocycles. The van der Waals surface area contributed by atoms with Crippen LogP contribution in [0.5, 0.6) is 0 Å². The summed E-state index contributed by atoms with van der Waals surface area (Å²) in [6, 6.07) is 9.11. The third kappa shape index (κ3) is 2.27. The molecule has 0 unspecified atom stereocenters. The standard InChI is InChI=1S/C18H23N/c1-11(2)13-5-6-14-7-16-8-15(12(3)4)10-18(16)19-17(14)9-13/h5-7,9,11-12,15H,8,10H2,1-4H3/t15-/m1/s1. The summed E-state index contributed by atoms with van der Waals surface area (Å²) in [6.45, 7) is 9.13. The molecule has 0 saturated carbocycles. The van der Waals surface area contributed by atoms with Crippen molar-refractivity contribution in [3.8, 4) is 0 Å². The van der Waals surface area contributed by atoms with Crippen LogP contribution >= 0.6 is 0 Å². The summed E-state index contributed by atoms with van der Waals surface area (Å²) in [6.07, 6.45) is 2.37. The quantitative estimate of drug-likeness (QED) is 0.754. The van der Waals surface area contributed by atoms with E-state index in [2.05, 4.69) is 52.0 Å². The highest BCUT2D eigenvalue weighted by molar-refractivity contribution is 5.80. The normalized spacial score (nSPS) is 18.5. The van der Waals surface area contributed by atoms with Gasteiger partial charge in [-0.15, -0.1) is 0 Å². The highest BCUT2D eigenvalue weighted by Gasteiger charge is 2.25. The zero-order valence-corrected chi connectivity index (χ0v) is 12.4. The lowest BCUT2D eigenvalue weighted by atomic mass is 9.93. The summed E-state index contributed by atoms with van der Waals surface area (Å²) >= 11 is 0. The van der Waals surface area contributed by atoms with E-state index in [0.29, 0.717) is 5.92 Å². The first-order chi connectivity index (χ1) is 9.04. The van der Waals surface area contributed by atoms with Crippen molar-refractivity contribution in [3.05, 3.63) is 41.1 Å². The van der Waals surface area contributed by atoms with Crippen LogP contribution in [0.2, 0.25) is 0 Å². The van der Waals surface area contributed by atoms with Crippen LogP contribution in [0.1, 0.15) is 50.4 Å². The number of benzene rings is 1. The lowest BCUT2D eigenvalue weighted by molar-refractivity contribution is 0.402. The fourth-order valence-electron chi connectivity index (χ4n) is 3.05. The van der Waals surface area contributed by atoms with Crippen molar-refractivity contribution in [2.24, 2.45) is 11.8 Å². The van der Waals surface area contributed by atoms with Crippen LogP contribution in [0.3, 0.4) is 0 Å². The maximum absolute atomic E-state index is 4.93. The molecular formula is C18H23N. The maximum atomic E-state index is 4.93. The smallest absolute Gasteiger partial charge is 0.0708 e. The molecule has 100 valence electrons. The number of nitrogens with zero attached hydrogens (tertiary/aromatic N) is 1. The molecule has 1 aliphatic carbocycles. The summed E-state index contributed by atoms with van der Waals surface area (Å²) < 4.78 is 0. The Morgan fingerprint density at radius 3 is 2.53 bits per heavy atom. The molecule has 0 saturated heterocycles. The van der Waals surface area contributed by atoms with E-state index in [9.17, 15) is 0 Å². The van der Waals surface area contributed by atoms with E-state index in [1.165, 1.54) is 34.1 Å². The van der Waals surface area contributed by atoms with Gasteiger partial charge in [-0.05, 0) is 53.9 Å². The van der Waals surface area contributed by atoms with Crippen LogP contribution in [0, 0.1) is 11.8 Å². The Kier molecular flexibility index (Phi) is 3.08. The zero-order chi connectivity index (χ0) is 13.6. The Morgan fingerprint density at radius 2 is 1.84 bits per heavy atom. The van der Waals surface area contributed by atoms with E-state index >= 15 is 0 Å². The second kappa shape index (κ2) is 4.63. The molecule has 1 aliphatic rings. The van der Waals surface area contributed by atoms with Gasteiger partial charge in [0.05, 0.1) is 5.52 Å². The molecule has 1 nitrogen and oxygen atoms in total. The van der Waals surface area contributed by atoms with Gasteiger partial charge in [-0.2, -0.15) is 0 Å². The molecule has 0 spiro atoms. The van der Waals surface area contributed by atoms with Gasteiger partial charge in [0.15, 0.2) is 0 Å². The van der Waals surface area contributed by atoms with Gasteiger partial charge in [-0.25, -0.2) is 0 Å². The molecular weight excluding hydrogens is 230 g/mol. The summed E-state index contributed by atoms with van der Waals surface area (Å²) in [5, 5.41) is 1.30. The van der Waals surface area contributed by atoms with E-state index in [-0.39, 0.29) is 0 Å². The van der Waals surface area contributed by atoms with Gasteiger partial charge < -0.3 is 0 Å². The monoisotopic (exact) mass is 253 g/mol.